The number of nitrogens with one attached hydrogen (secondary N) is 3. The Bertz CT molecular complexity index is 720. The van der Waals surface area contributed by atoms with Gasteiger partial charge in [-0.3, -0.25) is 28.9 Å². The highest BCUT2D eigenvalue weighted by atomic mass is 16.5. The van der Waals surface area contributed by atoms with Gasteiger partial charge in [0.2, 0.25) is 11.8 Å². The third kappa shape index (κ3) is 25.3. The number of methoxy groups -OCH3 is 1. The number of unbranched alkanes of at least 4 members (excludes halogenated alkanes) is 2. The summed E-state index contributed by atoms with van der Waals surface area (Å²) < 4.78 is 14.7. The summed E-state index contributed by atoms with van der Waals surface area (Å²) in [5.41, 5.74) is 0. The summed E-state index contributed by atoms with van der Waals surface area (Å²) in [5.74, 6) is -1.14. The summed E-state index contributed by atoms with van der Waals surface area (Å²) in [4.78, 5) is 59.3. The van der Waals surface area contributed by atoms with E-state index in [1.165, 1.54) is 14.0 Å². The van der Waals surface area contributed by atoms with Gasteiger partial charge in [-0.1, -0.05) is 0 Å². The molecule has 0 heterocycles. The van der Waals surface area contributed by atoms with E-state index in [4.69, 9.17) is 9.47 Å². The van der Waals surface area contributed by atoms with Gasteiger partial charge in [0.25, 0.3) is 0 Å². The van der Waals surface area contributed by atoms with Crippen molar-refractivity contribution in [3.8, 4) is 0 Å². The maximum atomic E-state index is 11.9. The summed E-state index contributed by atoms with van der Waals surface area (Å²) in [6.45, 7) is 6.67. The fourth-order valence-corrected chi connectivity index (χ4v) is 3.44. The van der Waals surface area contributed by atoms with Gasteiger partial charge in [-0.05, 0) is 32.6 Å². The molecular formula is C26H48N4O9. The Hall–Kier alpha value is -2.77. The molecule has 0 radical (unpaired) electrons. The minimum Gasteiger partial charge on any atom is -0.469 e. The first kappa shape index (κ1) is 36.2. The van der Waals surface area contributed by atoms with Crippen molar-refractivity contribution in [2.75, 3.05) is 66.1 Å². The molecule has 13 nitrogen and oxygen atoms in total. The Balaban J connectivity index is 3.68. The molecule has 1 unspecified atom stereocenters. The Morgan fingerprint density at radius 3 is 1.72 bits per heavy atom. The van der Waals surface area contributed by atoms with Crippen LogP contribution in [0.5, 0.6) is 0 Å². The first-order valence-electron chi connectivity index (χ1n) is 13.6. The van der Waals surface area contributed by atoms with Crippen LogP contribution in [0.2, 0.25) is 0 Å². The summed E-state index contributed by atoms with van der Waals surface area (Å²) in [7, 11) is 1.34. The molecule has 2 amide bonds. The smallest absolute Gasteiger partial charge is 0.305 e. The van der Waals surface area contributed by atoms with Crippen LogP contribution < -0.4 is 16.0 Å². The van der Waals surface area contributed by atoms with E-state index in [1.54, 1.807) is 6.92 Å². The van der Waals surface area contributed by atoms with Crippen molar-refractivity contribution in [3.63, 3.8) is 0 Å². The number of amides is 2. The average molecular weight is 561 g/mol. The molecule has 4 N–H and O–H groups in total. The van der Waals surface area contributed by atoms with Gasteiger partial charge in [0, 0.05) is 78.4 Å². The molecule has 226 valence electrons. The second-order valence-corrected chi connectivity index (χ2v) is 9.15. The predicted octanol–water partition coefficient (Wildman–Crippen LogP) is -0.109. The van der Waals surface area contributed by atoms with Gasteiger partial charge in [0.05, 0.1) is 13.2 Å². The van der Waals surface area contributed by atoms with Crippen LogP contribution in [-0.2, 0) is 38.2 Å². The minimum atomic E-state index is -0.560. The lowest BCUT2D eigenvalue weighted by Gasteiger charge is -2.23. The monoisotopic (exact) mass is 560 g/mol. The van der Waals surface area contributed by atoms with Crippen LogP contribution in [0.3, 0.4) is 0 Å². The quantitative estimate of drug-likeness (QED) is 0.0705. The fourth-order valence-electron chi connectivity index (χ4n) is 3.44. The first-order chi connectivity index (χ1) is 18.6. The second-order valence-electron chi connectivity index (χ2n) is 9.15. The van der Waals surface area contributed by atoms with Crippen molar-refractivity contribution in [1.29, 1.82) is 0 Å². The number of carbonyl (C=O) groups excluding carboxylic acids is 5. The Kier molecular flexibility index (Phi) is 22.6. The highest BCUT2D eigenvalue weighted by Gasteiger charge is 2.11. The molecule has 39 heavy (non-hydrogen) atoms. The lowest BCUT2D eigenvalue weighted by atomic mass is 10.2. The molecule has 0 rings (SSSR count). The highest BCUT2D eigenvalue weighted by Crippen LogP contribution is 2.03. The number of rotatable bonds is 24. The maximum Gasteiger partial charge on any atom is 0.305 e. The van der Waals surface area contributed by atoms with Gasteiger partial charge in [0.1, 0.15) is 13.2 Å². The average Bonchev–Trinajstić information content (AvgIpc) is 2.87. The summed E-state index contributed by atoms with van der Waals surface area (Å²) in [6, 6.07) is 0. The number of carbonyl (C=O) groups is 5. The number of ether oxygens (including phenoxy) is 3. The molecule has 0 aromatic heterocycles. The highest BCUT2D eigenvalue weighted by molar-refractivity contribution is 5.76. The van der Waals surface area contributed by atoms with Crippen LogP contribution in [0, 0.1) is 0 Å². The number of hydrogen-bond donors (Lipinski definition) is 4. The van der Waals surface area contributed by atoms with E-state index in [0.29, 0.717) is 90.8 Å². The molecule has 0 bridgehead atoms. The van der Waals surface area contributed by atoms with Crippen LogP contribution in [0.4, 0.5) is 0 Å². The van der Waals surface area contributed by atoms with E-state index in [0.717, 1.165) is 0 Å². The molecule has 0 aliphatic carbocycles. The summed E-state index contributed by atoms with van der Waals surface area (Å²) in [6.07, 6.45) is 3.01. The summed E-state index contributed by atoms with van der Waals surface area (Å²) in [5, 5.41) is 18.3. The molecule has 13 heteroatoms. The van der Waals surface area contributed by atoms with E-state index in [2.05, 4.69) is 20.7 Å². The third-order valence-corrected chi connectivity index (χ3v) is 5.45. The lowest BCUT2D eigenvalue weighted by Crippen LogP contribution is -2.37. The number of hydrogen-bond acceptors (Lipinski definition) is 11. The normalized spacial score (nSPS) is 11.5. The van der Waals surface area contributed by atoms with Crippen LogP contribution in [0.25, 0.3) is 0 Å². The molecule has 1 atom stereocenters. The largest absolute Gasteiger partial charge is 0.469 e. The minimum absolute atomic E-state index is 0.0617. The van der Waals surface area contributed by atoms with E-state index in [-0.39, 0.29) is 49.4 Å². The van der Waals surface area contributed by atoms with Crippen LogP contribution in [0.15, 0.2) is 0 Å². The van der Waals surface area contributed by atoms with Crippen molar-refractivity contribution < 1.29 is 43.3 Å². The van der Waals surface area contributed by atoms with E-state index < -0.39 is 6.10 Å². The van der Waals surface area contributed by atoms with Crippen molar-refractivity contribution in [2.24, 2.45) is 0 Å². The Morgan fingerprint density at radius 1 is 0.744 bits per heavy atom. The molecule has 0 aromatic rings. The fraction of sp³-hybridized carbons (Fsp3) is 0.808. The molecule has 0 saturated heterocycles. The van der Waals surface area contributed by atoms with Crippen LogP contribution in [-0.4, -0.2) is 112 Å². The van der Waals surface area contributed by atoms with Crippen LogP contribution in [0.1, 0.15) is 65.2 Å². The first-order valence-corrected chi connectivity index (χ1v) is 13.6. The topological polar surface area (TPSA) is 173 Å². The lowest BCUT2D eigenvalue weighted by molar-refractivity contribution is -0.144. The van der Waals surface area contributed by atoms with Gasteiger partial charge in [0.15, 0.2) is 0 Å². The van der Waals surface area contributed by atoms with Gasteiger partial charge in [-0.15, -0.1) is 0 Å². The molecule has 0 saturated carbocycles. The third-order valence-electron chi connectivity index (χ3n) is 5.45. The van der Waals surface area contributed by atoms with Crippen molar-refractivity contribution in [1.82, 2.24) is 20.9 Å². The Morgan fingerprint density at radius 2 is 1.23 bits per heavy atom. The molecule has 0 aliphatic heterocycles. The maximum absolute atomic E-state index is 11.9. The van der Waals surface area contributed by atoms with Gasteiger partial charge in [-0.2, -0.15) is 0 Å². The molecular weight excluding hydrogens is 512 g/mol. The van der Waals surface area contributed by atoms with E-state index in [9.17, 15) is 29.1 Å². The summed E-state index contributed by atoms with van der Waals surface area (Å²) >= 11 is 0. The zero-order valence-electron chi connectivity index (χ0n) is 23.8. The molecule has 0 fully saturated rings. The van der Waals surface area contributed by atoms with Crippen LogP contribution >= 0.6 is 0 Å². The van der Waals surface area contributed by atoms with Crippen molar-refractivity contribution >= 4 is 29.7 Å². The SMILES string of the molecule is COC(=O)CCCCC(=O)NCCNCCNC(=O)CCCCC(=O)OCCN(CCOC(C)=O)CC(C)O. The van der Waals surface area contributed by atoms with Crippen molar-refractivity contribution in [2.45, 2.75) is 71.3 Å². The number of aliphatic hydroxyl groups excluding tert-OH is 1. The number of esters is 3. The zero-order chi connectivity index (χ0) is 29.3. The molecule has 0 aromatic carbocycles. The molecule has 0 aliphatic rings. The Labute approximate surface area is 231 Å². The van der Waals surface area contributed by atoms with Crippen molar-refractivity contribution in [3.05, 3.63) is 0 Å². The number of nitrogens with zero attached hydrogens (tertiary/aromatic N) is 1. The van der Waals surface area contributed by atoms with E-state index >= 15 is 0 Å². The predicted molar refractivity (Wildman–Crippen MR) is 144 cm³/mol. The van der Waals surface area contributed by atoms with Gasteiger partial charge < -0.3 is 35.3 Å². The van der Waals surface area contributed by atoms with Gasteiger partial charge >= 0.3 is 17.9 Å². The second kappa shape index (κ2) is 24.3. The number of aliphatic hydroxyl groups is 1. The standard InChI is InChI=1S/C26H48N4O9/c1-21(31)20-30(16-18-38-22(2)32)17-19-39-26(36)11-7-5-9-24(34)29-15-13-27-12-14-28-23(33)8-4-6-10-25(35)37-3/h21,27,31H,4-20H2,1-3H3,(H,28,33)(H,29,34). The zero-order valence-corrected chi connectivity index (χ0v) is 23.8. The van der Waals surface area contributed by atoms with Gasteiger partial charge in [-0.25, -0.2) is 0 Å². The molecule has 0 spiro atoms. The van der Waals surface area contributed by atoms with E-state index in [1.807, 2.05) is 4.90 Å².